The molecule has 1 aromatic rings. The van der Waals surface area contributed by atoms with Crippen LogP contribution in [0.25, 0.3) is 0 Å². The fraction of sp³-hybridized carbons (Fsp3) is 0.455. The highest BCUT2D eigenvalue weighted by atomic mass is 16.4. The van der Waals surface area contributed by atoms with E-state index < -0.39 is 24.1 Å². The molecule has 3 amide bonds. The Balaban J connectivity index is 2.55. The van der Waals surface area contributed by atoms with E-state index in [1.807, 2.05) is 0 Å². The average Bonchev–Trinajstić information content (AvgIpc) is 2.89. The van der Waals surface area contributed by atoms with Crippen molar-refractivity contribution in [1.29, 1.82) is 0 Å². The van der Waals surface area contributed by atoms with Gasteiger partial charge < -0.3 is 26.0 Å². The van der Waals surface area contributed by atoms with Gasteiger partial charge in [0.05, 0.1) is 6.33 Å². The van der Waals surface area contributed by atoms with Crippen molar-refractivity contribution in [3.05, 3.63) is 18.2 Å². The summed E-state index contributed by atoms with van der Waals surface area (Å²) >= 11 is 0. The van der Waals surface area contributed by atoms with Crippen LogP contribution in [0.5, 0.6) is 0 Å². The highest BCUT2D eigenvalue weighted by molar-refractivity contribution is 5.88. The summed E-state index contributed by atoms with van der Waals surface area (Å²) < 4.78 is 0. The molecular weight excluding hydrogens is 266 g/mol. The van der Waals surface area contributed by atoms with E-state index >= 15 is 0 Å². The second-order valence-electron chi connectivity index (χ2n) is 4.13. The summed E-state index contributed by atoms with van der Waals surface area (Å²) in [6.07, 6.45) is 2.96. The largest absolute Gasteiger partial charge is 0.480 e. The molecule has 2 atom stereocenters. The quantitative estimate of drug-likeness (QED) is 0.448. The van der Waals surface area contributed by atoms with Crippen molar-refractivity contribution in [2.45, 2.75) is 25.4 Å². The van der Waals surface area contributed by atoms with Gasteiger partial charge in [-0.1, -0.05) is 0 Å². The number of hydrogen-bond acceptors (Lipinski definition) is 4. The molecular formula is C11H17N5O4. The Morgan fingerprint density at radius 1 is 1.40 bits per heavy atom. The Bertz CT molecular complexity index is 473. The lowest BCUT2D eigenvalue weighted by molar-refractivity contribution is -0.139. The number of aromatic nitrogens is 2. The number of carboxylic acids is 1. The molecule has 0 aliphatic rings. The monoisotopic (exact) mass is 283 g/mol. The zero-order valence-corrected chi connectivity index (χ0v) is 11.1. The number of aromatic amines is 1. The van der Waals surface area contributed by atoms with Gasteiger partial charge in [0.15, 0.2) is 0 Å². The molecule has 9 heteroatoms. The van der Waals surface area contributed by atoms with Crippen LogP contribution in [-0.4, -0.2) is 52.1 Å². The molecule has 1 heterocycles. The van der Waals surface area contributed by atoms with Crippen molar-refractivity contribution in [2.24, 2.45) is 0 Å². The molecule has 0 aromatic carbocycles. The van der Waals surface area contributed by atoms with Crippen LogP contribution in [0.1, 0.15) is 12.6 Å². The first-order chi connectivity index (χ1) is 9.43. The third kappa shape index (κ3) is 4.59. The SMILES string of the molecule is CNC(=O)C(C)NC(=O)NC(Cc1cnc[nH]1)C(=O)O. The Hall–Kier alpha value is -2.58. The van der Waals surface area contributed by atoms with E-state index in [0.29, 0.717) is 5.69 Å². The first kappa shape index (κ1) is 15.5. The molecule has 2 unspecified atom stereocenters. The van der Waals surface area contributed by atoms with Gasteiger partial charge >= 0.3 is 12.0 Å². The van der Waals surface area contributed by atoms with Gasteiger partial charge in [0.1, 0.15) is 12.1 Å². The minimum atomic E-state index is -1.18. The Kier molecular flexibility index (Phi) is 5.51. The summed E-state index contributed by atoms with van der Waals surface area (Å²) in [6, 6.07) is -2.61. The summed E-state index contributed by atoms with van der Waals surface area (Å²) in [7, 11) is 1.44. The van der Waals surface area contributed by atoms with Crippen LogP contribution in [0, 0.1) is 0 Å². The molecule has 0 bridgehead atoms. The average molecular weight is 283 g/mol. The third-order valence-electron chi connectivity index (χ3n) is 2.57. The molecule has 0 aliphatic heterocycles. The van der Waals surface area contributed by atoms with E-state index in [-0.39, 0.29) is 12.3 Å². The van der Waals surface area contributed by atoms with Gasteiger partial charge in [-0.3, -0.25) is 4.79 Å². The summed E-state index contributed by atoms with van der Waals surface area (Å²) in [4.78, 5) is 40.5. The molecule has 1 rings (SSSR count). The lowest BCUT2D eigenvalue weighted by atomic mass is 10.1. The number of amides is 3. The number of carboxylic acid groups (broad SMARTS) is 1. The minimum absolute atomic E-state index is 0.0666. The maximum Gasteiger partial charge on any atom is 0.326 e. The molecule has 0 fully saturated rings. The number of urea groups is 1. The molecule has 0 radical (unpaired) electrons. The number of aliphatic carboxylic acids is 1. The molecule has 0 saturated carbocycles. The van der Waals surface area contributed by atoms with Crippen molar-refractivity contribution in [2.75, 3.05) is 7.05 Å². The van der Waals surface area contributed by atoms with Crippen LogP contribution in [-0.2, 0) is 16.0 Å². The molecule has 0 saturated heterocycles. The third-order valence-corrected chi connectivity index (χ3v) is 2.57. The van der Waals surface area contributed by atoms with Gasteiger partial charge in [0.2, 0.25) is 5.91 Å². The van der Waals surface area contributed by atoms with E-state index in [4.69, 9.17) is 5.11 Å². The topological polar surface area (TPSA) is 136 Å². The van der Waals surface area contributed by atoms with Crippen LogP contribution in [0.4, 0.5) is 4.79 Å². The summed E-state index contributed by atoms with van der Waals surface area (Å²) in [5, 5.41) is 16.1. The van der Waals surface area contributed by atoms with Gasteiger partial charge in [-0.15, -0.1) is 0 Å². The van der Waals surface area contributed by atoms with E-state index in [0.717, 1.165) is 0 Å². The fourth-order valence-corrected chi connectivity index (χ4v) is 1.49. The molecule has 1 aromatic heterocycles. The van der Waals surface area contributed by atoms with Crippen LogP contribution >= 0.6 is 0 Å². The predicted octanol–water partition coefficient (Wildman–Crippen LogP) is -1.16. The zero-order chi connectivity index (χ0) is 15.1. The fourth-order valence-electron chi connectivity index (χ4n) is 1.49. The van der Waals surface area contributed by atoms with E-state index in [2.05, 4.69) is 25.9 Å². The van der Waals surface area contributed by atoms with Crippen LogP contribution in [0.15, 0.2) is 12.5 Å². The Morgan fingerprint density at radius 3 is 2.60 bits per heavy atom. The first-order valence-corrected chi connectivity index (χ1v) is 5.92. The lowest BCUT2D eigenvalue weighted by Gasteiger charge is -2.17. The predicted molar refractivity (Wildman–Crippen MR) is 68.9 cm³/mol. The normalized spacial score (nSPS) is 13.1. The van der Waals surface area contributed by atoms with Gasteiger partial charge in [-0.2, -0.15) is 0 Å². The number of nitrogens with one attached hydrogen (secondary N) is 4. The number of likely N-dealkylation sites (N-methyl/N-ethyl adjacent to an activating group) is 1. The second kappa shape index (κ2) is 7.12. The Labute approximate surface area is 115 Å². The maximum absolute atomic E-state index is 11.6. The standard InChI is InChI=1S/C11H17N5O4/c1-6(9(17)12-2)15-11(20)16-8(10(18)19)3-7-4-13-5-14-7/h4-6,8H,3H2,1-2H3,(H,12,17)(H,13,14)(H,18,19)(H2,15,16,20). The summed E-state index contributed by atoms with van der Waals surface area (Å²) in [5.41, 5.74) is 0.581. The maximum atomic E-state index is 11.6. The van der Waals surface area contributed by atoms with Crippen LogP contribution < -0.4 is 16.0 Å². The molecule has 20 heavy (non-hydrogen) atoms. The van der Waals surface area contributed by atoms with Gasteiger partial charge in [0, 0.05) is 25.4 Å². The highest BCUT2D eigenvalue weighted by Crippen LogP contribution is 1.99. The van der Waals surface area contributed by atoms with Crippen LogP contribution in [0.3, 0.4) is 0 Å². The molecule has 9 nitrogen and oxygen atoms in total. The Morgan fingerprint density at radius 2 is 2.10 bits per heavy atom. The number of carbonyl (C=O) groups is 3. The molecule has 0 aliphatic carbocycles. The summed E-state index contributed by atoms with van der Waals surface area (Å²) in [5.74, 6) is -1.55. The van der Waals surface area contributed by atoms with Crippen molar-refractivity contribution in [3.63, 3.8) is 0 Å². The zero-order valence-electron chi connectivity index (χ0n) is 11.1. The number of H-pyrrole nitrogens is 1. The van der Waals surface area contributed by atoms with Crippen molar-refractivity contribution in [1.82, 2.24) is 25.9 Å². The van der Waals surface area contributed by atoms with E-state index in [1.165, 1.54) is 26.5 Å². The van der Waals surface area contributed by atoms with Gasteiger partial charge in [-0.05, 0) is 6.92 Å². The number of rotatable bonds is 6. The van der Waals surface area contributed by atoms with Gasteiger partial charge in [0.25, 0.3) is 0 Å². The van der Waals surface area contributed by atoms with Gasteiger partial charge in [-0.25, -0.2) is 14.6 Å². The molecule has 0 spiro atoms. The number of imidazole rings is 1. The second-order valence-corrected chi connectivity index (χ2v) is 4.13. The molecule has 5 N–H and O–H groups in total. The smallest absolute Gasteiger partial charge is 0.326 e. The number of nitrogens with zero attached hydrogens (tertiary/aromatic N) is 1. The van der Waals surface area contributed by atoms with E-state index in [9.17, 15) is 14.4 Å². The minimum Gasteiger partial charge on any atom is -0.480 e. The number of carbonyl (C=O) groups excluding carboxylic acids is 2. The van der Waals surface area contributed by atoms with E-state index in [1.54, 1.807) is 0 Å². The van der Waals surface area contributed by atoms with Crippen molar-refractivity contribution >= 4 is 17.9 Å². The van der Waals surface area contributed by atoms with Crippen molar-refractivity contribution < 1.29 is 19.5 Å². The first-order valence-electron chi connectivity index (χ1n) is 5.92. The lowest BCUT2D eigenvalue weighted by Crippen LogP contribution is -2.52. The van der Waals surface area contributed by atoms with Crippen LogP contribution in [0.2, 0.25) is 0 Å². The summed E-state index contributed by atoms with van der Waals surface area (Å²) in [6.45, 7) is 1.49. The molecule has 110 valence electrons. The number of hydrogen-bond donors (Lipinski definition) is 5. The van der Waals surface area contributed by atoms with Crippen molar-refractivity contribution in [3.8, 4) is 0 Å². The highest BCUT2D eigenvalue weighted by Gasteiger charge is 2.22.